The minimum atomic E-state index is -3.12. The lowest BCUT2D eigenvalue weighted by molar-refractivity contribution is 0.125. The Bertz CT molecular complexity index is 383. The summed E-state index contributed by atoms with van der Waals surface area (Å²) in [5.41, 5.74) is 0. The maximum absolute atomic E-state index is 12.4. The van der Waals surface area contributed by atoms with Crippen molar-refractivity contribution in [1.82, 2.24) is 9.21 Å². The molecular weight excluding hydrogens is 276 g/mol. The number of piperidine rings is 1. The Morgan fingerprint density at radius 3 is 2.45 bits per heavy atom. The first-order valence-corrected chi connectivity index (χ1v) is 9.32. The third-order valence-corrected chi connectivity index (χ3v) is 6.32. The van der Waals surface area contributed by atoms with Crippen LogP contribution in [0.15, 0.2) is 0 Å². The Balaban J connectivity index is 1.77. The maximum Gasteiger partial charge on any atom is 0.216 e. The van der Waals surface area contributed by atoms with E-state index in [1.54, 1.807) is 4.31 Å². The second kappa shape index (κ2) is 7.20. The number of rotatable bonds is 6. The van der Waals surface area contributed by atoms with Crippen LogP contribution >= 0.6 is 0 Å². The van der Waals surface area contributed by atoms with E-state index in [0.717, 1.165) is 32.2 Å². The van der Waals surface area contributed by atoms with Crippen LogP contribution in [0.25, 0.3) is 0 Å². The normalized spacial score (nSPS) is 26.4. The second-order valence-electron chi connectivity index (χ2n) is 6.35. The lowest BCUT2D eigenvalue weighted by Crippen LogP contribution is -2.42. The lowest BCUT2D eigenvalue weighted by Gasteiger charge is -2.32. The molecule has 2 heterocycles. The highest BCUT2D eigenvalue weighted by molar-refractivity contribution is 7.89. The van der Waals surface area contributed by atoms with E-state index in [9.17, 15) is 8.42 Å². The topological polar surface area (TPSA) is 49.9 Å². The van der Waals surface area contributed by atoms with Crippen LogP contribution in [0.4, 0.5) is 0 Å². The Morgan fingerprint density at radius 2 is 1.90 bits per heavy atom. The number of nitrogens with zero attached hydrogens (tertiary/aromatic N) is 2. The molecule has 1 atom stereocenters. The maximum atomic E-state index is 12.4. The lowest BCUT2D eigenvalue weighted by atomic mass is 9.94. The van der Waals surface area contributed by atoms with Crippen LogP contribution in [-0.4, -0.2) is 69.8 Å². The minimum Gasteiger partial charge on any atom is -0.377 e. The summed E-state index contributed by atoms with van der Waals surface area (Å²) < 4.78 is 31.8. The monoisotopic (exact) mass is 304 g/mol. The molecule has 2 aliphatic rings. The molecule has 0 aromatic rings. The van der Waals surface area contributed by atoms with Crippen molar-refractivity contribution in [2.75, 3.05) is 46.1 Å². The van der Waals surface area contributed by atoms with Crippen molar-refractivity contribution >= 4 is 10.0 Å². The van der Waals surface area contributed by atoms with Crippen molar-refractivity contribution < 1.29 is 13.2 Å². The average molecular weight is 304 g/mol. The Hall–Kier alpha value is -0.170. The molecule has 0 N–H and O–H groups in total. The van der Waals surface area contributed by atoms with Gasteiger partial charge in [0.1, 0.15) is 0 Å². The zero-order valence-electron chi connectivity index (χ0n) is 12.8. The van der Waals surface area contributed by atoms with Crippen LogP contribution < -0.4 is 0 Å². The molecule has 5 nitrogen and oxygen atoms in total. The Labute approximate surface area is 123 Å². The van der Waals surface area contributed by atoms with Gasteiger partial charge in [0.15, 0.2) is 0 Å². The molecule has 0 unspecified atom stereocenters. The Morgan fingerprint density at radius 1 is 1.20 bits per heavy atom. The fourth-order valence-corrected chi connectivity index (χ4v) is 4.74. The van der Waals surface area contributed by atoms with Gasteiger partial charge >= 0.3 is 0 Å². The summed E-state index contributed by atoms with van der Waals surface area (Å²) in [5.74, 6) is 0.849. The van der Waals surface area contributed by atoms with Crippen molar-refractivity contribution in [3.8, 4) is 0 Å². The molecule has 0 radical (unpaired) electrons. The quantitative estimate of drug-likeness (QED) is 0.739. The van der Waals surface area contributed by atoms with E-state index in [-0.39, 0.29) is 11.9 Å². The van der Waals surface area contributed by atoms with E-state index in [1.165, 1.54) is 6.42 Å². The third kappa shape index (κ3) is 4.69. The van der Waals surface area contributed by atoms with Gasteiger partial charge in [-0.2, -0.15) is 0 Å². The van der Waals surface area contributed by atoms with Gasteiger partial charge in [0.25, 0.3) is 0 Å². The summed E-state index contributed by atoms with van der Waals surface area (Å²) in [6.45, 7) is 3.18. The predicted octanol–water partition coefficient (Wildman–Crippen LogP) is 1.16. The van der Waals surface area contributed by atoms with Crippen LogP contribution in [-0.2, 0) is 14.8 Å². The van der Waals surface area contributed by atoms with Crippen molar-refractivity contribution in [3.63, 3.8) is 0 Å². The summed E-state index contributed by atoms with van der Waals surface area (Å²) in [5, 5.41) is 0. The van der Waals surface area contributed by atoms with Crippen LogP contribution in [0, 0.1) is 5.92 Å². The molecule has 0 spiro atoms. The van der Waals surface area contributed by atoms with Gasteiger partial charge in [0, 0.05) is 19.7 Å². The molecule has 6 heteroatoms. The molecule has 0 amide bonds. The van der Waals surface area contributed by atoms with Crippen molar-refractivity contribution in [1.29, 1.82) is 0 Å². The van der Waals surface area contributed by atoms with Gasteiger partial charge in [-0.25, -0.2) is 12.7 Å². The predicted molar refractivity (Wildman–Crippen MR) is 80.2 cm³/mol. The Kier molecular flexibility index (Phi) is 5.84. The van der Waals surface area contributed by atoms with Gasteiger partial charge in [-0.1, -0.05) is 0 Å². The van der Waals surface area contributed by atoms with E-state index < -0.39 is 10.0 Å². The zero-order valence-corrected chi connectivity index (χ0v) is 13.6. The summed E-state index contributed by atoms with van der Waals surface area (Å²) in [6, 6.07) is 0. The molecule has 0 bridgehead atoms. The van der Waals surface area contributed by atoms with E-state index in [2.05, 4.69) is 19.0 Å². The zero-order chi connectivity index (χ0) is 14.6. The first kappa shape index (κ1) is 16.2. The van der Waals surface area contributed by atoms with Crippen LogP contribution in [0.1, 0.15) is 32.1 Å². The fourth-order valence-electron chi connectivity index (χ4n) is 3.03. The molecule has 0 aromatic heterocycles. The largest absolute Gasteiger partial charge is 0.377 e. The molecule has 0 aliphatic carbocycles. The molecule has 2 saturated heterocycles. The number of sulfonamides is 1. The van der Waals surface area contributed by atoms with Gasteiger partial charge in [-0.15, -0.1) is 0 Å². The molecule has 20 heavy (non-hydrogen) atoms. The van der Waals surface area contributed by atoms with Gasteiger partial charge in [0.2, 0.25) is 10.0 Å². The summed E-state index contributed by atoms with van der Waals surface area (Å²) in [6.07, 6.45) is 4.97. The average Bonchev–Trinajstić information content (AvgIpc) is 2.89. The number of hydrogen-bond acceptors (Lipinski definition) is 4. The molecule has 2 aliphatic heterocycles. The van der Waals surface area contributed by atoms with Gasteiger partial charge < -0.3 is 9.64 Å². The first-order chi connectivity index (χ1) is 9.47. The highest BCUT2D eigenvalue weighted by atomic mass is 32.2. The summed E-state index contributed by atoms with van der Waals surface area (Å²) in [7, 11) is 1.05. The molecular formula is C14H28N2O3S. The second-order valence-corrected chi connectivity index (χ2v) is 8.36. The summed E-state index contributed by atoms with van der Waals surface area (Å²) >= 11 is 0. The number of ether oxygens (including phenoxy) is 1. The molecule has 118 valence electrons. The number of hydrogen-bond donors (Lipinski definition) is 0. The molecule has 0 saturated carbocycles. The molecule has 0 aromatic carbocycles. The highest BCUT2D eigenvalue weighted by Crippen LogP contribution is 2.24. The third-order valence-electron chi connectivity index (χ3n) is 4.37. The fraction of sp³-hybridized carbons (Fsp3) is 1.00. The van der Waals surface area contributed by atoms with Crippen molar-refractivity contribution in [3.05, 3.63) is 0 Å². The highest BCUT2D eigenvalue weighted by Gasteiger charge is 2.31. The standard InChI is InChI=1S/C14H28N2O3S/c1-15(2)8-5-13-6-9-16(10-7-13)20(17,18)12-14-4-3-11-19-14/h13-14H,3-12H2,1-2H3/t14-/m0/s1. The molecule has 2 rings (SSSR count). The van der Waals surface area contributed by atoms with Crippen LogP contribution in [0.3, 0.4) is 0 Å². The smallest absolute Gasteiger partial charge is 0.216 e. The van der Waals surface area contributed by atoms with E-state index in [0.29, 0.717) is 25.6 Å². The van der Waals surface area contributed by atoms with E-state index in [4.69, 9.17) is 4.74 Å². The van der Waals surface area contributed by atoms with Gasteiger partial charge in [-0.3, -0.25) is 0 Å². The van der Waals surface area contributed by atoms with Crippen molar-refractivity contribution in [2.24, 2.45) is 5.92 Å². The van der Waals surface area contributed by atoms with Crippen LogP contribution in [0.2, 0.25) is 0 Å². The minimum absolute atomic E-state index is 0.0773. The van der Waals surface area contributed by atoms with E-state index >= 15 is 0 Å². The SMILES string of the molecule is CN(C)CCC1CCN(S(=O)(=O)C[C@@H]2CCCO2)CC1. The van der Waals surface area contributed by atoms with E-state index in [1.807, 2.05) is 0 Å². The molecule has 2 fully saturated rings. The van der Waals surface area contributed by atoms with Crippen LogP contribution in [0.5, 0.6) is 0 Å². The van der Waals surface area contributed by atoms with Gasteiger partial charge in [0.05, 0.1) is 11.9 Å². The first-order valence-electron chi connectivity index (χ1n) is 7.71. The van der Waals surface area contributed by atoms with Crippen molar-refractivity contribution in [2.45, 2.75) is 38.2 Å². The van der Waals surface area contributed by atoms with Gasteiger partial charge in [-0.05, 0) is 58.7 Å². The summed E-state index contributed by atoms with van der Waals surface area (Å²) in [4.78, 5) is 2.19.